The van der Waals surface area contributed by atoms with E-state index in [1.54, 1.807) is 35.9 Å². The van der Waals surface area contributed by atoms with E-state index in [2.05, 4.69) is 4.98 Å². The summed E-state index contributed by atoms with van der Waals surface area (Å²) in [6, 6.07) is 13.4. The molecule has 0 fully saturated rings. The number of carbonyl (C=O) groups excluding carboxylic acids is 1. The molecule has 0 radical (unpaired) electrons. The quantitative estimate of drug-likeness (QED) is 0.558. The van der Waals surface area contributed by atoms with Crippen LogP contribution in [-0.2, 0) is 16.4 Å². The number of imidazole rings is 1. The van der Waals surface area contributed by atoms with Gasteiger partial charge < -0.3 is 4.57 Å². The Morgan fingerprint density at radius 3 is 2.33 bits per heavy atom. The van der Waals surface area contributed by atoms with Crippen LogP contribution in [0.2, 0.25) is 10.0 Å². The van der Waals surface area contributed by atoms with E-state index >= 15 is 0 Å². The lowest BCUT2D eigenvalue weighted by molar-refractivity contribution is 0.101. The zero-order valence-corrected chi connectivity index (χ0v) is 16.7. The Morgan fingerprint density at radius 2 is 1.67 bits per heavy atom. The molecular weight excluding hydrogens is 407 g/mol. The zero-order chi connectivity index (χ0) is 19.6. The first-order valence-electron chi connectivity index (χ1n) is 8.05. The Balaban J connectivity index is 1.82. The Bertz CT molecular complexity index is 1110. The molecule has 0 amide bonds. The van der Waals surface area contributed by atoms with E-state index in [1.165, 1.54) is 12.1 Å². The van der Waals surface area contributed by atoms with E-state index < -0.39 is 21.4 Å². The van der Waals surface area contributed by atoms with Crippen LogP contribution < -0.4 is 0 Å². The van der Waals surface area contributed by atoms with Gasteiger partial charge in [0, 0.05) is 11.2 Å². The normalized spacial score (nSPS) is 11.5. The van der Waals surface area contributed by atoms with Gasteiger partial charge in [0.2, 0.25) is 0 Å². The van der Waals surface area contributed by atoms with Gasteiger partial charge in [0.25, 0.3) is 0 Å². The fourth-order valence-electron chi connectivity index (χ4n) is 2.63. The molecule has 1 aromatic heterocycles. The van der Waals surface area contributed by atoms with Gasteiger partial charge in [-0.1, -0.05) is 53.5 Å². The number of halogens is 2. The largest absolute Gasteiger partial charge is 0.330 e. The van der Waals surface area contributed by atoms with E-state index in [0.29, 0.717) is 17.4 Å². The highest BCUT2D eigenvalue weighted by atomic mass is 35.5. The monoisotopic (exact) mass is 422 g/mol. The first kappa shape index (κ1) is 19.6. The minimum atomic E-state index is -3.86. The van der Waals surface area contributed by atoms with Crippen molar-refractivity contribution in [1.29, 1.82) is 0 Å². The van der Waals surface area contributed by atoms with Crippen LogP contribution in [0, 0.1) is 6.92 Å². The van der Waals surface area contributed by atoms with Gasteiger partial charge in [-0.25, -0.2) is 13.4 Å². The third kappa shape index (κ3) is 4.40. The summed E-state index contributed by atoms with van der Waals surface area (Å²) in [5.41, 5.74) is 0.970. The lowest BCUT2D eigenvalue weighted by atomic mass is 10.2. The van der Waals surface area contributed by atoms with E-state index in [4.69, 9.17) is 23.2 Å². The van der Waals surface area contributed by atoms with Crippen LogP contribution in [0.4, 0.5) is 0 Å². The molecule has 0 saturated heterocycles. The highest BCUT2D eigenvalue weighted by molar-refractivity contribution is 7.92. The van der Waals surface area contributed by atoms with E-state index in [-0.39, 0.29) is 15.6 Å². The fourth-order valence-corrected chi connectivity index (χ4v) is 4.62. The predicted octanol–water partition coefficient (Wildman–Crippen LogP) is 4.20. The molecule has 0 N–H and O–H groups in total. The van der Waals surface area contributed by atoms with Crippen LogP contribution in [0.1, 0.15) is 21.9 Å². The average molecular weight is 423 g/mol. The molecule has 0 spiro atoms. The standard InChI is InChI=1S/C19H16Cl2N2O3S/c1-13-22-17(11-23(13)10-14-6-2-3-7-15(14)20)18(24)12-27(25,26)19-9-5-4-8-16(19)21/h2-9,11H,10,12H2,1H3. The molecule has 0 unspecified atom stereocenters. The maximum absolute atomic E-state index is 12.5. The zero-order valence-electron chi connectivity index (χ0n) is 14.4. The maximum Gasteiger partial charge on any atom is 0.198 e. The summed E-state index contributed by atoms with van der Waals surface area (Å²) in [7, 11) is -3.86. The first-order chi connectivity index (χ1) is 12.8. The van der Waals surface area contributed by atoms with Crippen molar-refractivity contribution in [2.24, 2.45) is 0 Å². The van der Waals surface area contributed by atoms with Gasteiger partial charge in [-0.05, 0) is 30.7 Å². The summed E-state index contributed by atoms with van der Waals surface area (Å²) in [5, 5.41) is 0.700. The maximum atomic E-state index is 12.5. The Kier molecular flexibility index (Phi) is 5.69. The number of aromatic nitrogens is 2. The lowest BCUT2D eigenvalue weighted by Crippen LogP contribution is -2.17. The van der Waals surface area contributed by atoms with Crippen LogP contribution in [0.15, 0.2) is 59.6 Å². The SMILES string of the molecule is Cc1nc(C(=O)CS(=O)(=O)c2ccccc2Cl)cn1Cc1ccccc1Cl. The van der Waals surface area contributed by atoms with Crippen molar-refractivity contribution in [3.05, 3.63) is 81.9 Å². The number of ketones is 1. The smallest absolute Gasteiger partial charge is 0.198 e. The van der Waals surface area contributed by atoms with E-state index in [1.807, 2.05) is 18.2 Å². The molecule has 0 bridgehead atoms. The second-order valence-electron chi connectivity index (χ2n) is 6.01. The van der Waals surface area contributed by atoms with Crippen LogP contribution in [0.25, 0.3) is 0 Å². The van der Waals surface area contributed by atoms with Crippen molar-refractivity contribution >= 4 is 38.8 Å². The van der Waals surface area contributed by atoms with Crippen LogP contribution in [0.3, 0.4) is 0 Å². The van der Waals surface area contributed by atoms with Gasteiger partial charge in [-0.15, -0.1) is 0 Å². The number of hydrogen-bond donors (Lipinski definition) is 0. The summed E-state index contributed by atoms with van der Waals surface area (Å²) < 4.78 is 26.8. The molecular formula is C19H16Cl2N2O3S. The number of sulfone groups is 1. The number of benzene rings is 2. The number of carbonyl (C=O) groups is 1. The summed E-state index contributed by atoms with van der Waals surface area (Å²) in [4.78, 5) is 16.7. The third-order valence-electron chi connectivity index (χ3n) is 4.05. The average Bonchev–Trinajstić information content (AvgIpc) is 2.98. The van der Waals surface area contributed by atoms with Crippen LogP contribution in [0.5, 0.6) is 0 Å². The molecule has 0 aliphatic carbocycles. The van der Waals surface area contributed by atoms with Crippen molar-refractivity contribution in [3.8, 4) is 0 Å². The predicted molar refractivity (Wildman–Crippen MR) is 105 cm³/mol. The Labute approximate surface area is 167 Å². The molecule has 27 heavy (non-hydrogen) atoms. The van der Waals surface area contributed by atoms with Crippen molar-refractivity contribution in [2.45, 2.75) is 18.4 Å². The summed E-state index contributed by atoms with van der Waals surface area (Å²) >= 11 is 12.1. The Hall–Kier alpha value is -2.15. The topological polar surface area (TPSA) is 69.0 Å². The molecule has 8 heteroatoms. The van der Waals surface area contributed by atoms with Gasteiger partial charge in [-0.3, -0.25) is 4.79 Å². The lowest BCUT2D eigenvalue weighted by Gasteiger charge is -2.06. The van der Waals surface area contributed by atoms with Crippen molar-refractivity contribution in [3.63, 3.8) is 0 Å². The Morgan fingerprint density at radius 1 is 1.04 bits per heavy atom. The van der Waals surface area contributed by atoms with Gasteiger partial charge in [0.05, 0.1) is 16.5 Å². The van der Waals surface area contributed by atoms with Gasteiger partial charge in [0.1, 0.15) is 17.3 Å². The summed E-state index contributed by atoms with van der Waals surface area (Å²) in [6.45, 7) is 2.18. The molecule has 5 nitrogen and oxygen atoms in total. The molecule has 0 aliphatic heterocycles. The molecule has 1 heterocycles. The highest BCUT2D eigenvalue weighted by Crippen LogP contribution is 2.23. The number of hydrogen-bond acceptors (Lipinski definition) is 4. The second-order valence-corrected chi connectivity index (χ2v) is 8.78. The van der Waals surface area contributed by atoms with Gasteiger partial charge in [-0.2, -0.15) is 0 Å². The molecule has 0 saturated carbocycles. The number of Topliss-reactive ketones (excluding diaryl/α,β-unsaturated/α-hetero) is 1. The minimum Gasteiger partial charge on any atom is -0.330 e. The number of nitrogens with zero attached hydrogens (tertiary/aromatic N) is 2. The first-order valence-corrected chi connectivity index (χ1v) is 10.5. The number of rotatable bonds is 6. The molecule has 3 aromatic rings. The molecule has 0 atom stereocenters. The molecule has 2 aromatic carbocycles. The third-order valence-corrected chi connectivity index (χ3v) is 6.53. The minimum absolute atomic E-state index is 0.0627. The van der Waals surface area contributed by atoms with Crippen molar-refractivity contribution in [1.82, 2.24) is 9.55 Å². The van der Waals surface area contributed by atoms with Crippen LogP contribution >= 0.6 is 23.2 Å². The van der Waals surface area contributed by atoms with Crippen LogP contribution in [-0.4, -0.2) is 29.5 Å². The summed E-state index contributed by atoms with van der Waals surface area (Å²) in [6.07, 6.45) is 1.54. The van der Waals surface area contributed by atoms with E-state index in [0.717, 1.165) is 5.56 Å². The molecule has 140 valence electrons. The highest BCUT2D eigenvalue weighted by Gasteiger charge is 2.24. The fraction of sp³-hybridized carbons (Fsp3) is 0.158. The van der Waals surface area contributed by atoms with Gasteiger partial charge >= 0.3 is 0 Å². The number of aryl methyl sites for hydroxylation is 1. The van der Waals surface area contributed by atoms with E-state index in [9.17, 15) is 13.2 Å². The summed E-state index contributed by atoms with van der Waals surface area (Å²) in [5.74, 6) is -0.691. The molecule has 0 aliphatic rings. The second kappa shape index (κ2) is 7.84. The molecule has 3 rings (SSSR count). The van der Waals surface area contributed by atoms with Crippen molar-refractivity contribution in [2.75, 3.05) is 5.75 Å². The van der Waals surface area contributed by atoms with Crippen molar-refractivity contribution < 1.29 is 13.2 Å². The van der Waals surface area contributed by atoms with Gasteiger partial charge in [0.15, 0.2) is 15.6 Å².